The van der Waals surface area contributed by atoms with Crippen LogP contribution in [0.25, 0.3) is 0 Å². The Morgan fingerprint density at radius 3 is 2.80 bits per heavy atom. The molecule has 0 aromatic carbocycles. The van der Waals surface area contributed by atoms with Crippen LogP contribution in [-0.2, 0) is 0 Å². The number of anilines is 1. The number of thiophene rings is 1. The number of pyridine rings is 1. The quantitative estimate of drug-likeness (QED) is 0.828. The first-order valence-corrected chi connectivity index (χ1v) is 9.71. The molecule has 1 atom stereocenters. The third kappa shape index (κ3) is 4.58. The first-order chi connectivity index (χ1) is 12.2. The fourth-order valence-electron chi connectivity index (χ4n) is 3.08. The van der Waals surface area contributed by atoms with Gasteiger partial charge in [0.15, 0.2) is 0 Å². The number of aliphatic hydroxyl groups excluding tert-OH is 1. The molecule has 0 saturated carbocycles. The Morgan fingerprint density at radius 2 is 2.20 bits per heavy atom. The first kappa shape index (κ1) is 17.9. The van der Waals surface area contributed by atoms with Crippen molar-refractivity contribution in [3.63, 3.8) is 0 Å². The predicted octanol–water partition coefficient (Wildman–Crippen LogP) is 3.55. The number of hydrogen-bond acceptors (Lipinski definition) is 5. The molecule has 1 saturated heterocycles. The monoisotopic (exact) mass is 359 g/mol. The standard InChI is InChI=1S/C19H25N3O2S/c1-14-6-9-22(10-7-14)19(24)15-4-5-18(20-13-15)21-16(8-11-23)17-3-2-12-25-17/h2-5,12-14,16,23H,6-11H2,1H3,(H,20,21). The maximum absolute atomic E-state index is 12.6. The Bertz CT molecular complexity index is 664. The second-order valence-corrected chi connectivity index (χ2v) is 7.61. The Morgan fingerprint density at radius 1 is 1.40 bits per heavy atom. The molecule has 25 heavy (non-hydrogen) atoms. The van der Waals surface area contributed by atoms with Crippen molar-refractivity contribution < 1.29 is 9.90 Å². The summed E-state index contributed by atoms with van der Waals surface area (Å²) in [7, 11) is 0. The molecule has 3 rings (SSSR count). The third-order valence-electron chi connectivity index (χ3n) is 4.71. The zero-order valence-corrected chi connectivity index (χ0v) is 15.3. The normalized spacial score (nSPS) is 16.6. The molecule has 1 amide bonds. The Balaban J connectivity index is 1.64. The van der Waals surface area contributed by atoms with Gasteiger partial charge < -0.3 is 15.3 Å². The van der Waals surface area contributed by atoms with Gasteiger partial charge in [-0.2, -0.15) is 0 Å². The number of amides is 1. The van der Waals surface area contributed by atoms with Gasteiger partial charge in [-0.15, -0.1) is 11.3 Å². The summed E-state index contributed by atoms with van der Waals surface area (Å²) in [5.74, 6) is 1.49. The topological polar surface area (TPSA) is 65.5 Å². The van der Waals surface area contributed by atoms with Gasteiger partial charge in [-0.25, -0.2) is 4.98 Å². The third-order valence-corrected chi connectivity index (χ3v) is 5.69. The van der Waals surface area contributed by atoms with Crippen molar-refractivity contribution in [2.75, 3.05) is 25.0 Å². The lowest BCUT2D eigenvalue weighted by atomic mass is 9.99. The molecule has 1 aliphatic heterocycles. The highest BCUT2D eigenvalue weighted by Crippen LogP contribution is 2.25. The summed E-state index contributed by atoms with van der Waals surface area (Å²) in [6.45, 7) is 4.01. The van der Waals surface area contributed by atoms with Gasteiger partial charge in [-0.05, 0) is 48.8 Å². The van der Waals surface area contributed by atoms with Crippen LogP contribution in [0.15, 0.2) is 35.8 Å². The molecule has 1 fully saturated rings. The lowest BCUT2D eigenvalue weighted by Crippen LogP contribution is -2.37. The highest BCUT2D eigenvalue weighted by molar-refractivity contribution is 7.10. The molecule has 0 bridgehead atoms. The minimum absolute atomic E-state index is 0.0302. The van der Waals surface area contributed by atoms with Crippen LogP contribution in [0.4, 0.5) is 5.82 Å². The van der Waals surface area contributed by atoms with Crippen molar-refractivity contribution in [1.29, 1.82) is 0 Å². The maximum atomic E-state index is 12.6. The van der Waals surface area contributed by atoms with Crippen LogP contribution in [0.2, 0.25) is 0 Å². The summed E-state index contributed by atoms with van der Waals surface area (Å²) < 4.78 is 0. The molecule has 1 unspecified atom stereocenters. The van der Waals surface area contributed by atoms with Crippen LogP contribution >= 0.6 is 11.3 Å². The van der Waals surface area contributed by atoms with E-state index in [2.05, 4.69) is 17.2 Å². The lowest BCUT2D eigenvalue weighted by Gasteiger charge is -2.30. The number of rotatable bonds is 6. The smallest absolute Gasteiger partial charge is 0.255 e. The lowest BCUT2D eigenvalue weighted by molar-refractivity contribution is 0.0697. The van der Waals surface area contributed by atoms with E-state index in [0.717, 1.165) is 31.7 Å². The predicted molar refractivity (Wildman–Crippen MR) is 101 cm³/mol. The van der Waals surface area contributed by atoms with Gasteiger partial charge in [-0.3, -0.25) is 4.79 Å². The molecule has 3 heterocycles. The van der Waals surface area contributed by atoms with Crippen molar-refractivity contribution >= 4 is 23.1 Å². The van der Waals surface area contributed by atoms with Crippen LogP contribution in [-0.4, -0.2) is 40.6 Å². The molecule has 0 radical (unpaired) electrons. The van der Waals surface area contributed by atoms with E-state index >= 15 is 0 Å². The van der Waals surface area contributed by atoms with Gasteiger partial charge in [0.1, 0.15) is 5.82 Å². The molecule has 0 spiro atoms. The van der Waals surface area contributed by atoms with Crippen LogP contribution in [0.5, 0.6) is 0 Å². The molecule has 2 aromatic heterocycles. The fourth-order valence-corrected chi connectivity index (χ4v) is 3.90. The van der Waals surface area contributed by atoms with Crippen LogP contribution in [0.3, 0.4) is 0 Å². The molecule has 2 N–H and O–H groups in total. The zero-order valence-electron chi connectivity index (χ0n) is 14.5. The number of carbonyl (C=O) groups excluding carboxylic acids is 1. The molecular formula is C19H25N3O2S. The Kier molecular flexibility index (Phi) is 6.04. The van der Waals surface area contributed by atoms with Gasteiger partial charge in [0, 0.05) is 30.8 Å². The number of carbonyl (C=O) groups is 1. The average Bonchev–Trinajstić information content (AvgIpc) is 3.17. The number of likely N-dealkylation sites (tertiary alicyclic amines) is 1. The molecular weight excluding hydrogens is 334 g/mol. The number of aliphatic hydroxyl groups is 1. The van der Waals surface area contributed by atoms with Crippen LogP contribution in [0, 0.1) is 5.92 Å². The highest BCUT2D eigenvalue weighted by atomic mass is 32.1. The Labute approximate surface area is 152 Å². The van der Waals surface area contributed by atoms with Gasteiger partial charge in [-0.1, -0.05) is 13.0 Å². The van der Waals surface area contributed by atoms with E-state index in [9.17, 15) is 9.90 Å². The minimum atomic E-state index is 0.0302. The highest BCUT2D eigenvalue weighted by Gasteiger charge is 2.21. The summed E-state index contributed by atoms with van der Waals surface area (Å²) in [5.41, 5.74) is 0.634. The number of aromatic nitrogens is 1. The fraction of sp³-hybridized carbons (Fsp3) is 0.474. The summed E-state index contributed by atoms with van der Waals surface area (Å²) >= 11 is 1.66. The Hall–Kier alpha value is -1.92. The van der Waals surface area contributed by atoms with E-state index in [1.807, 2.05) is 34.5 Å². The second-order valence-electron chi connectivity index (χ2n) is 6.63. The molecule has 134 valence electrons. The molecule has 2 aromatic rings. The van der Waals surface area contributed by atoms with Gasteiger partial charge in [0.2, 0.25) is 0 Å². The minimum Gasteiger partial charge on any atom is -0.396 e. The number of hydrogen-bond donors (Lipinski definition) is 2. The average molecular weight is 359 g/mol. The van der Waals surface area contributed by atoms with E-state index in [-0.39, 0.29) is 18.6 Å². The van der Waals surface area contributed by atoms with Gasteiger partial charge >= 0.3 is 0 Å². The van der Waals surface area contributed by atoms with Gasteiger partial charge in [0.05, 0.1) is 11.6 Å². The number of nitrogens with one attached hydrogen (secondary N) is 1. The van der Waals surface area contributed by atoms with Crippen molar-refractivity contribution in [1.82, 2.24) is 9.88 Å². The molecule has 5 nitrogen and oxygen atoms in total. The number of piperidine rings is 1. The van der Waals surface area contributed by atoms with E-state index < -0.39 is 0 Å². The van der Waals surface area contributed by atoms with Crippen LogP contribution < -0.4 is 5.32 Å². The summed E-state index contributed by atoms with van der Waals surface area (Å²) in [4.78, 5) is 20.1. The van der Waals surface area contributed by atoms with Crippen molar-refractivity contribution in [3.8, 4) is 0 Å². The van der Waals surface area contributed by atoms with Gasteiger partial charge in [0.25, 0.3) is 5.91 Å². The largest absolute Gasteiger partial charge is 0.396 e. The van der Waals surface area contributed by atoms with E-state index in [1.165, 1.54) is 4.88 Å². The van der Waals surface area contributed by atoms with E-state index in [1.54, 1.807) is 17.5 Å². The summed E-state index contributed by atoms with van der Waals surface area (Å²) in [6.07, 6.45) is 4.41. The van der Waals surface area contributed by atoms with Crippen molar-refractivity contribution in [2.24, 2.45) is 5.92 Å². The van der Waals surface area contributed by atoms with Crippen molar-refractivity contribution in [2.45, 2.75) is 32.2 Å². The zero-order chi connectivity index (χ0) is 17.6. The van der Waals surface area contributed by atoms with E-state index in [0.29, 0.717) is 17.9 Å². The maximum Gasteiger partial charge on any atom is 0.255 e. The molecule has 1 aliphatic rings. The van der Waals surface area contributed by atoms with Crippen molar-refractivity contribution in [3.05, 3.63) is 46.3 Å². The molecule has 6 heteroatoms. The summed E-state index contributed by atoms with van der Waals surface area (Å²) in [5, 5.41) is 14.7. The number of nitrogens with zero attached hydrogens (tertiary/aromatic N) is 2. The van der Waals surface area contributed by atoms with E-state index in [4.69, 9.17) is 0 Å². The SMILES string of the molecule is CC1CCN(C(=O)c2ccc(NC(CCO)c3cccs3)nc2)CC1. The molecule has 0 aliphatic carbocycles. The second kappa shape index (κ2) is 8.45. The first-order valence-electron chi connectivity index (χ1n) is 8.83. The van der Waals surface area contributed by atoms with Crippen LogP contribution in [0.1, 0.15) is 47.5 Å². The summed E-state index contributed by atoms with van der Waals surface area (Å²) in [6, 6.07) is 7.76.